The van der Waals surface area contributed by atoms with Gasteiger partial charge in [-0.15, -0.1) is 11.3 Å². The highest BCUT2D eigenvalue weighted by atomic mass is 32.2. The zero-order valence-electron chi connectivity index (χ0n) is 11.7. The Bertz CT molecular complexity index is 567. The summed E-state index contributed by atoms with van der Waals surface area (Å²) in [6, 6.07) is 1.37. The first-order valence-corrected chi connectivity index (χ1v) is 8.18. The number of carbonyl (C=O) groups is 1. The number of nitrogens with one attached hydrogen (secondary N) is 1. The second-order valence-corrected chi connectivity index (χ2v) is 8.01. The van der Waals surface area contributed by atoms with Crippen molar-refractivity contribution >= 4 is 27.3 Å². The molecule has 1 rings (SSSR count). The summed E-state index contributed by atoms with van der Waals surface area (Å²) in [5.74, 6) is -0.493. The molecule has 0 unspecified atom stereocenters. The van der Waals surface area contributed by atoms with Crippen molar-refractivity contribution < 1.29 is 17.9 Å². The first-order valence-electron chi connectivity index (χ1n) is 5.88. The van der Waals surface area contributed by atoms with E-state index < -0.39 is 21.5 Å². The van der Waals surface area contributed by atoms with Crippen LogP contribution >= 0.6 is 11.3 Å². The third-order valence-corrected chi connectivity index (χ3v) is 5.12. The monoisotopic (exact) mass is 305 g/mol. The summed E-state index contributed by atoms with van der Waals surface area (Å²) in [4.78, 5) is 12.6. The second-order valence-electron chi connectivity index (χ2n) is 5.11. The second kappa shape index (κ2) is 5.60. The Kier molecular flexibility index (Phi) is 4.76. The number of rotatable bonds is 4. The van der Waals surface area contributed by atoms with Crippen LogP contribution in [0.5, 0.6) is 0 Å². The van der Waals surface area contributed by atoms with Gasteiger partial charge in [0.25, 0.3) is 0 Å². The van der Waals surface area contributed by atoms with Crippen molar-refractivity contribution in [3.05, 3.63) is 15.8 Å². The zero-order valence-corrected chi connectivity index (χ0v) is 13.4. The minimum atomic E-state index is -3.62. The highest BCUT2D eigenvalue weighted by molar-refractivity contribution is 7.89. The SMILES string of the molecule is CCOC(=O)c1cc(S(=O)(=O)NC(C)(C)C)c(C)s1. The zero-order chi connectivity index (χ0) is 14.8. The van der Waals surface area contributed by atoms with Crippen molar-refractivity contribution in [3.63, 3.8) is 0 Å². The van der Waals surface area contributed by atoms with Crippen LogP contribution in [-0.4, -0.2) is 26.5 Å². The smallest absolute Gasteiger partial charge is 0.348 e. The van der Waals surface area contributed by atoms with Crippen LogP contribution in [0.2, 0.25) is 0 Å². The molecule has 1 N–H and O–H groups in total. The molecule has 0 aliphatic carbocycles. The van der Waals surface area contributed by atoms with Crippen molar-refractivity contribution in [1.82, 2.24) is 4.72 Å². The highest BCUT2D eigenvalue weighted by Gasteiger charge is 2.26. The molecule has 0 saturated heterocycles. The van der Waals surface area contributed by atoms with E-state index in [-0.39, 0.29) is 11.5 Å². The number of hydrogen-bond donors (Lipinski definition) is 1. The standard InChI is InChI=1S/C12H19NO4S2/c1-6-17-11(14)9-7-10(8(2)18-9)19(15,16)13-12(3,4)5/h7,13H,6H2,1-5H3. The molecular weight excluding hydrogens is 286 g/mol. The van der Waals surface area contributed by atoms with Crippen LogP contribution in [0.3, 0.4) is 0 Å². The molecule has 5 nitrogen and oxygen atoms in total. The predicted octanol–water partition coefficient (Wildman–Crippen LogP) is 2.31. The molecule has 0 spiro atoms. The molecule has 0 fully saturated rings. The number of carbonyl (C=O) groups excluding carboxylic acids is 1. The van der Waals surface area contributed by atoms with E-state index in [2.05, 4.69) is 4.72 Å². The Morgan fingerprint density at radius 3 is 2.47 bits per heavy atom. The van der Waals surface area contributed by atoms with E-state index in [0.717, 1.165) is 11.3 Å². The van der Waals surface area contributed by atoms with Gasteiger partial charge in [0.1, 0.15) is 4.88 Å². The minimum Gasteiger partial charge on any atom is -0.462 e. The van der Waals surface area contributed by atoms with Crippen molar-refractivity contribution in [3.8, 4) is 0 Å². The van der Waals surface area contributed by atoms with Crippen LogP contribution in [0.15, 0.2) is 11.0 Å². The van der Waals surface area contributed by atoms with E-state index in [9.17, 15) is 13.2 Å². The van der Waals surface area contributed by atoms with E-state index in [1.165, 1.54) is 6.07 Å². The molecule has 7 heteroatoms. The molecule has 0 aliphatic heterocycles. The van der Waals surface area contributed by atoms with Crippen molar-refractivity contribution in [2.45, 2.75) is 45.1 Å². The summed E-state index contributed by atoms with van der Waals surface area (Å²) in [7, 11) is -3.62. The van der Waals surface area contributed by atoms with Crippen molar-refractivity contribution in [2.24, 2.45) is 0 Å². The molecule has 0 atom stereocenters. The number of esters is 1. The lowest BCUT2D eigenvalue weighted by atomic mass is 10.1. The Balaban J connectivity index is 3.12. The predicted molar refractivity (Wildman–Crippen MR) is 75.1 cm³/mol. The number of thiophene rings is 1. The van der Waals surface area contributed by atoms with Gasteiger partial charge in [0.2, 0.25) is 10.0 Å². The fourth-order valence-electron chi connectivity index (χ4n) is 1.49. The Morgan fingerprint density at radius 2 is 2.00 bits per heavy atom. The first kappa shape index (κ1) is 16.1. The number of aryl methyl sites for hydroxylation is 1. The van der Waals surface area contributed by atoms with E-state index in [1.54, 1.807) is 34.6 Å². The number of ether oxygens (including phenoxy) is 1. The van der Waals surface area contributed by atoms with Crippen molar-refractivity contribution in [1.29, 1.82) is 0 Å². The van der Waals surface area contributed by atoms with Crippen LogP contribution in [-0.2, 0) is 14.8 Å². The molecule has 108 valence electrons. The van der Waals surface area contributed by atoms with Gasteiger partial charge in [-0.2, -0.15) is 0 Å². The van der Waals surface area contributed by atoms with E-state index >= 15 is 0 Å². The van der Waals surface area contributed by atoms with Gasteiger partial charge in [0, 0.05) is 10.4 Å². The van der Waals surface area contributed by atoms with Crippen LogP contribution < -0.4 is 4.72 Å². The average Bonchev–Trinajstić information content (AvgIpc) is 2.57. The fourth-order valence-corrected chi connectivity index (χ4v) is 4.40. The van der Waals surface area contributed by atoms with E-state index in [4.69, 9.17) is 4.74 Å². The summed E-state index contributed by atoms with van der Waals surface area (Å²) in [6.45, 7) is 8.93. The van der Waals surface area contributed by atoms with Crippen LogP contribution in [0, 0.1) is 6.92 Å². The van der Waals surface area contributed by atoms with Gasteiger partial charge in [-0.05, 0) is 40.7 Å². The van der Waals surface area contributed by atoms with Crippen LogP contribution in [0.25, 0.3) is 0 Å². The number of sulfonamides is 1. The maximum Gasteiger partial charge on any atom is 0.348 e. The van der Waals surface area contributed by atoms with Crippen LogP contribution in [0.4, 0.5) is 0 Å². The summed E-state index contributed by atoms with van der Waals surface area (Å²) in [5, 5.41) is 0. The van der Waals surface area contributed by atoms with Crippen molar-refractivity contribution in [2.75, 3.05) is 6.61 Å². The molecule has 0 aromatic carbocycles. The maximum atomic E-state index is 12.2. The van der Waals surface area contributed by atoms with Gasteiger partial charge in [-0.1, -0.05) is 0 Å². The quantitative estimate of drug-likeness (QED) is 0.866. The molecule has 0 aliphatic rings. The average molecular weight is 305 g/mol. The first-order chi connectivity index (χ1) is 8.57. The minimum absolute atomic E-state index is 0.135. The summed E-state index contributed by atoms with van der Waals surface area (Å²) >= 11 is 1.12. The molecule has 0 bridgehead atoms. The molecule has 0 saturated carbocycles. The summed E-state index contributed by atoms with van der Waals surface area (Å²) in [5.41, 5.74) is -0.572. The molecule has 1 aromatic rings. The molecule has 1 aromatic heterocycles. The molecule has 0 radical (unpaired) electrons. The topological polar surface area (TPSA) is 72.5 Å². The molecule has 19 heavy (non-hydrogen) atoms. The van der Waals surface area contributed by atoms with Gasteiger partial charge < -0.3 is 4.74 Å². The number of hydrogen-bond acceptors (Lipinski definition) is 5. The molecule has 0 amide bonds. The molecular formula is C12H19NO4S2. The lowest BCUT2D eigenvalue weighted by Crippen LogP contribution is -2.40. The van der Waals surface area contributed by atoms with Gasteiger partial charge in [-0.3, -0.25) is 0 Å². The lowest BCUT2D eigenvalue weighted by molar-refractivity contribution is 0.0532. The van der Waals surface area contributed by atoms with Gasteiger partial charge in [0.05, 0.1) is 11.5 Å². The summed E-state index contributed by atoms with van der Waals surface area (Å²) in [6.07, 6.45) is 0. The van der Waals surface area contributed by atoms with Gasteiger partial charge in [0.15, 0.2) is 0 Å². The largest absolute Gasteiger partial charge is 0.462 e. The third-order valence-electron chi connectivity index (χ3n) is 2.08. The van der Waals surface area contributed by atoms with Gasteiger partial charge >= 0.3 is 5.97 Å². The normalized spacial score (nSPS) is 12.5. The molecule has 1 heterocycles. The van der Waals surface area contributed by atoms with E-state index in [0.29, 0.717) is 9.75 Å². The fraction of sp³-hybridized carbons (Fsp3) is 0.583. The maximum absolute atomic E-state index is 12.2. The Hall–Kier alpha value is -0.920. The lowest BCUT2D eigenvalue weighted by Gasteiger charge is -2.20. The Morgan fingerprint density at radius 1 is 1.42 bits per heavy atom. The Labute approximate surface area is 118 Å². The summed E-state index contributed by atoms with van der Waals surface area (Å²) < 4.78 is 31.8. The van der Waals surface area contributed by atoms with Crippen LogP contribution in [0.1, 0.15) is 42.2 Å². The van der Waals surface area contributed by atoms with E-state index in [1.807, 2.05) is 0 Å². The highest BCUT2D eigenvalue weighted by Crippen LogP contribution is 2.27. The van der Waals surface area contributed by atoms with Gasteiger partial charge in [-0.25, -0.2) is 17.9 Å². The third kappa shape index (κ3) is 4.29.